The van der Waals surface area contributed by atoms with Crippen LogP contribution in [0.1, 0.15) is 23.1 Å². The summed E-state index contributed by atoms with van der Waals surface area (Å²) in [6, 6.07) is 12.0. The fraction of sp³-hybridized carbons (Fsp3) is 0.263. The molecule has 0 atom stereocenters. The Kier molecular flexibility index (Phi) is 4.89. The van der Waals surface area contributed by atoms with Crippen molar-refractivity contribution in [3.8, 4) is 0 Å². The predicted molar refractivity (Wildman–Crippen MR) is 90.2 cm³/mol. The van der Waals surface area contributed by atoms with Crippen LogP contribution in [0.5, 0.6) is 0 Å². The van der Waals surface area contributed by atoms with Gasteiger partial charge in [-0.15, -0.1) is 0 Å². The molecule has 4 nitrogen and oxygen atoms in total. The molecule has 5 heteroatoms. The second-order valence-corrected chi connectivity index (χ2v) is 5.94. The van der Waals surface area contributed by atoms with E-state index in [0.29, 0.717) is 32.2 Å². The number of rotatable bonds is 5. The Labute approximate surface area is 140 Å². The van der Waals surface area contributed by atoms with Crippen molar-refractivity contribution in [2.75, 3.05) is 11.9 Å². The number of carbonyl (C=O) groups excluding carboxylic acids is 2. The maximum Gasteiger partial charge on any atom is 0.224 e. The lowest BCUT2D eigenvalue weighted by Gasteiger charge is -2.17. The van der Waals surface area contributed by atoms with Crippen LogP contribution in [-0.4, -0.2) is 18.4 Å². The van der Waals surface area contributed by atoms with E-state index in [9.17, 15) is 14.0 Å². The average Bonchev–Trinajstić information content (AvgIpc) is 2.57. The molecule has 24 heavy (non-hydrogen) atoms. The molecule has 0 fully saturated rings. The third kappa shape index (κ3) is 4.19. The van der Waals surface area contributed by atoms with Crippen LogP contribution in [0.15, 0.2) is 42.5 Å². The minimum Gasteiger partial charge on any atom is -0.355 e. The number of hydrogen-bond donors (Lipinski definition) is 2. The maximum atomic E-state index is 12.8. The Bertz CT molecular complexity index is 756. The lowest BCUT2D eigenvalue weighted by atomic mass is 9.99. The van der Waals surface area contributed by atoms with Crippen molar-refractivity contribution in [2.24, 2.45) is 0 Å². The Hall–Kier alpha value is -2.69. The van der Waals surface area contributed by atoms with Crippen LogP contribution >= 0.6 is 0 Å². The molecule has 0 aromatic heterocycles. The standard InChI is InChI=1S/C19H19FN2O2/c20-16-5-1-13(2-6-16)9-10-21-19(24)12-14-3-7-17-15(11-14)4-8-18(23)22-17/h1-3,5-7,11H,4,8-10,12H2,(H,21,24)(H,22,23). The van der Waals surface area contributed by atoms with E-state index < -0.39 is 0 Å². The van der Waals surface area contributed by atoms with E-state index in [2.05, 4.69) is 10.6 Å². The number of amides is 2. The highest BCUT2D eigenvalue weighted by atomic mass is 19.1. The van der Waals surface area contributed by atoms with Crippen molar-refractivity contribution in [1.82, 2.24) is 5.32 Å². The zero-order valence-corrected chi connectivity index (χ0v) is 13.3. The average molecular weight is 326 g/mol. The zero-order valence-electron chi connectivity index (χ0n) is 13.3. The highest BCUT2D eigenvalue weighted by Crippen LogP contribution is 2.23. The molecule has 0 unspecified atom stereocenters. The summed E-state index contributed by atoms with van der Waals surface area (Å²) in [6.45, 7) is 0.519. The van der Waals surface area contributed by atoms with Gasteiger partial charge in [0, 0.05) is 18.7 Å². The quantitative estimate of drug-likeness (QED) is 0.887. The van der Waals surface area contributed by atoms with Gasteiger partial charge in [-0.2, -0.15) is 0 Å². The van der Waals surface area contributed by atoms with Crippen molar-refractivity contribution >= 4 is 17.5 Å². The summed E-state index contributed by atoms with van der Waals surface area (Å²) in [5.74, 6) is -0.267. The van der Waals surface area contributed by atoms with Gasteiger partial charge in [0.25, 0.3) is 0 Å². The van der Waals surface area contributed by atoms with Crippen LogP contribution in [-0.2, 0) is 28.9 Å². The molecule has 2 aromatic rings. The number of benzene rings is 2. The van der Waals surface area contributed by atoms with Crippen molar-refractivity contribution in [3.63, 3.8) is 0 Å². The van der Waals surface area contributed by atoms with Crippen LogP contribution in [0.25, 0.3) is 0 Å². The Morgan fingerprint density at radius 2 is 1.83 bits per heavy atom. The largest absolute Gasteiger partial charge is 0.355 e. The Balaban J connectivity index is 1.50. The summed E-state index contributed by atoms with van der Waals surface area (Å²) in [6.07, 6.45) is 2.17. The van der Waals surface area contributed by atoms with Gasteiger partial charge in [-0.05, 0) is 47.7 Å². The third-order valence-electron chi connectivity index (χ3n) is 4.08. The van der Waals surface area contributed by atoms with Crippen LogP contribution in [0, 0.1) is 5.82 Å². The van der Waals surface area contributed by atoms with Gasteiger partial charge < -0.3 is 10.6 Å². The summed E-state index contributed by atoms with van der Waals surface area (Å²) in [4.78, 5) is 23.4. The molecule has 1 aliphatic heterocycles. The normalized spacial score (nSPS) is 13.1. The minimum absolute atomic E-state index is 0.0359. The number of carbonyl (C=O) groups is 2. The number of hydrogen-bond acceptors (Lipinski definition) is 2. The van der Waals surface area contributed by atoms with Gasteiger partial charge in [0.2, 0.25) is 11.8 Å². The summed E-state index contributed by atoms with van der Waals surface area (Å²) in [5.41, 5.74) is 3.84. The van der Waals surface area contributed by atoms with Crippen molar-refractivity contribution in [2.45, 2.75) is 25.7 Å². The molecule has 3 rings (SSSR count). The van der Waals surface area contributed by atoms with E-state index in [1.807, 2.05) is 18.2 Å². The first kappa shape index (κ1) is 16.2. The molecule has 0 saturated heterocycles. The maximum absolute atomic E-state index is 12.8. The molecule has 0 radical (unpaired) electrons. The van der Waals surface area contributed by atoms with Crippen LogP contribution < -0.4 is 10.6 Å². The second kappa shape index (κ2) is 7.25. The lowest BCUT2D eigenvalue weighted by molar-refractivity contribution is -0.120. The molecule has 2 amide bonds. The molecule has 0 saturated carbocycles. The molecule has 0 aliphatic carbocycles. The fourth-order valence-corrected chi connectivity index (χ4v) is 2.79. The zero-order chi connectivity index (χ0) is 16.9. The number of fused-ring (bicyclic) bond motifs is 1. The molecule has 0 bridgehead atoms. The molecule has 1 heterocycles. The first-order valence-electron chi connectivity index (χ1n) is 8.03. The molecule has 1 aliphatic rings. The Morgan fingerprint density at radius 1 is 1.08 bits per heavy atom. The second-order valence-electron chi connectivity index (χ2n) is 5.94. The van der Waals surface area contributed by atoms with E-state index in [1.54, 1.807) is 12.1 Å². The van der Waals surface area contributed by atoms with Crippen LogP contribution in [0.2, 0.25) is 0 Å². The van der Waals surface area contributed by atoms with E-state index in [1.165, 1.54) is 12.1 Å². The molecular weight excluding hydrogens is 307 g/mol. The lowest BCUT2D eigenvalue weighted by Crippen LogP contribution is -2.27. The van der Waals surface area contributed by atoms with Gasteiger partial charge >= 0.3 is 0 Å². The summed E-state index contributed by atoms with van der Waals surface area (Å²) in [5, 5.41) is 5.71. The molecular formula is C19H19FN2O2. The van der Waals surface area contributed by atoms with Gasteiger partial charge in [-0.25, -0.2) is 4.39 Å². The molecule has 2 N–H and O–H groups in total. The number of aryl methyl sites for hydroxylation is 1. The first-order chi connectivity index (χ1) is 11.6. The van der Waals surface area contributed by atoms with Gasteiger partial charge in [0.1, 0.15) is 5.82 Å². The summed E-state index contributed by atoms with van der Waals surface area (Å²) >= 11 is 0. The third-order valence-corrected chi connectivity index (χ3v) is 4.08. The van der Waals surface area contributed by atoms with Crippen LogP contribution in [0.4, 0.5) is 10.1 Å². The highest BCUT2D eigenvalue weighted by molar-refractivity contribution is 5.94. The number of halogens is 1. The Morgan fingerprint density at radius 3 is 2.62 bits per heavy atom. The molecule has 124 valence electrons. The van der Waals surface area contributed by atoms with Crippen molar-refractivity contribution in [1.29, 1.82) is 0 Å². The van der Waals surface area contributed by atoms with Gasteiger partial charge in [-0.3, -0.25) is 9.59 Å². The highest BCUT2D eigenvalue weighted by Gasteiger charge is 2.15. The van der Waals surface area contributed by atoms with E-state index in [-0.39, 0.29) is 17.6 Å². The van der Waals surface area contributed by atoms with Crippen molar-refractivity contribution in [3.05, 3.63) is 65.0 Å². The van der Waals surface area contributed by atoms with E-state index in [0.717, 1.165) is 22.4 Å². The van der Waals surface area contributed by atoms with Gasteiger partial charge in [-0.1, -0.05) is 24.3 Å². The number of anilines is 1. The molecule has 2 aromatic carbocycles. The monoisotopic (exact) mass is 326 g/mol. The van der Waals surface area contributed by atoms with E-state index in [4.69, 9.17) is 0 Å². The SMILES string of the molecule is O=C(Cc1ccc2c(c1)CCC(=O)N2)NCCc1ccc(F)cc1. The van der Waals surface area contributed by atoms with Crippen LogP contribution in [0.3, 0.4) is 0 Å². The fourth-order valence-electron chi connectivity index (χ4n) is 2.79. The topological polar surface area (TPSA) is 58.2 Å². The van der Waals surface area contributed by atoms with Gasteiger partial charge in [0.15, 0.2) is 0 Å². The molecule has 0 spiro atoms. The van der Waals surface area contributed by atoms with Gasteiger partial charge in [0.05, 0.1) is 6.42 Å². The summed E-state index contributed by atoms with van der Waals surface area (Å²) in [7, 11) is 0. The first-order valence-corrected chi connectivity index (χ1v) is 8.03. The predicted octanol–water partition coefficient (Wildman–Crippen LogP) is 2.61. The van der Waals surface area contributed by atoms with E-state index >= 15 is 0 Å². The number of nitrogens with one attached hydrogen (secondary N) is 2. The smallest absolute Gasteiger partial charge is 0.224 e. The summed E-state index contributed by atoms with van der Waals surface area (Å²) < 4.78 is 12.8. The van der Waals surface area contributed by atoms with Crippen molar-refractivity contribution < 1.29 is 14.0 Å². The minimum atomic E-state index is -0.258.